The molecule has 6 heteroatoms. The zero-order chi connectivity index (χ0) is 18.5. The van der Waals surface area contributed by atoms with Crippen LogP contribution in [0.4, 0.5) is 5.82 Å². The van der Waals surface area contributed by atoms with Gasteiger partial charge in [0.1, 0.15) is 0 Å². The third kappa shape index (κ3) is 4.52. The van der Waals surface area contributed by atoms with Crippen LogP contribution in [0.3, 0.4) is 0 Å². The van der Waals surface area contributed by atoms with Crippen LogP contribution >= 0.6 is 0 Å². The molecule has 0 N–H and O–H groups in total. The lowest BCUT2D eigenvalue weighted by Gasteiger charge is -2.35. The predicted molar refractivity (Wildman–Crippen MR) is 107 cm³/mol. The fourth-order valence-electron chi connectivity index (χ4n) is 3.50. The van der Waals surface area contributed by atoms with Crippen LogP contribution in [0.1, 0.15) is 17.7 Å². The van der Waals surface area contributed by atoms with Crippen LogP contribution in [0.2, 0.25) is 0 Å². The monoisotopic (exact) mass is 362 g/mol. The van der Waals surface area contributed by atoms with Crippen LogP contribution in [0.15, 0.2) is 54.7 Å². The molecule has 6 nitrogen and oxygen atoms in total. The predicted octanol–water partition coefficient (Wildman–Crippen LogP) is 2.73. The maximum absolute atomic E-state index is 4.41. The van der Waals surface area contributed by atoms with E-state index in [2.05, 4.69) is 55.4 Å². The van der Waals surface area contributed by atoms with Crippen LogP contribution in [0.25, 0.3) is 5.82 Å². The van der Waals surface area contributed by atoms with E-state index in [4.69, 9.17) is 0 Å². The van der Waals surface area contributed by atoms with E-state index in [1.165, 1.54) is 12.0 Å². The Morgan fingerprint density at radius 3 is 2.26 bits per heavy atom. The van der Waals surface area contributed by atoms with Gasteiger partial charge in [0.2, 0.25) is 0 Å². The summed E-state index contributed by atoms with van der Waals surface area (Å²) < 4.78 is 1.76. The summed E-state index contributed by atoms with van der Waals surface area (Å²) in [6, 6.07) is 16.7. The summed E-state index contributed by atoms with van der Waals surface area (Å²) >= 11 is 0. The van der Waals surface area contributed by atoms with E-state index < -0.39 is 0 Å². The van der Waals surface area contributed by atoms with Gasteiger partial charge in [-0.1, -0.05) is 30.3 Å². The molecule has 0 atom stereocenters. The Balaban J connectivity index is 1.25. The summed E-state index contributed by atoms with van der Waals surface area (Å²) in [5, 5.41) is 13.1. The number of aryl methyl sites for hydroxylation is 2. The molecule has 1 fully saturated rings. The lowest BCUT2D eigenvalue weighted by molar-refractivity contribution is 0.254. The molecular formula is C21H26N6. The largest absolute Gasteiger partial charge is 0.353 e. The molecule has 0 spiro atoms. The topological polar surface area (TPSA) is 50.1 Å². The number of nitrogens with zero attached hydrogens (tertiary/aromatic N) is 6. The van der Waals surface area contributed by atoms with Gasteiger partial charge in [0, 0.05) is 32.4 Å². The van der Waals surface area contributed by atoms with Gasteiger partial charge in [-0.3, -0.25) is 4.90 Å². The first-order valence-electron chi connectivity index (χ1n) is 9.65. The smallest absolute Gasteiger partial charge is 0.175 e. The standard InChI is InChI=1S/C21H26N6/c1-18-11-13-27(24-18)21-10-9-20(22-23-21)26-16-14-25(15-17-26)12-5-8-19-6-3-2-4-7-19/h2-4,6-7,9-11,13H,5,8,12,14-17H2,1H3. The minimum atomic E-state index is 0.756. The number of aromatic nitrogens is 4. The molecule has 140 valence electrons. The minimum Gasteiger partial charge on any atom is -0.353 e. The second-order valence-electron chi connectivity index (χ2n) is 7.07. The van der Waals surface area contributed by atoms with E-state index in [9.17, 15) is 0 Å². The lowest BCUT2D eigenvalue weighted by Crippen LogP contribution is -2.47. The fourth-order valence-corrected chi connectivity index (χ4v) is 3.50. The molecule has 1 saturated heterocycles. The molecule has 0 amide bonds. The molecule has 0 saturated carbocycles. The van der Waals surface area contributed by atoms with Crippen molar-refractivity contribution in [3.63, 3.8) is 0 Å². The Bertz CT molecular complexity index is 835. The van der Waals surface area contributed by atoms with E-state index in [1.54, 1.807) is 4.68 Å². The van der Waals surface area contributed by atoms with Crippen LogP contribution in [0.5, 0.6) is 0 Å². The van der Waals surface area contributed by atoms with Gasteiger partial charge in [0.05, 0.1) is 5.69 Å². The van der Waals surface area contributed by atoms with Crippen molar-refractivity contribution in [3.8, 4) is 5.82 Å². The Morgan fingerprint density at radius 1 is 0.852 bits per heavy atom. The van der Waals surface area contributed by atoms with Crippen LogP contribution in [-0.4, -0.2) is 57.6 Å². The van der Waals surface area contributed by atoms with Gasteiger partial charge in [-0.15, -0.1) is 10.2 Å². The fraction of sp³-hybridized carbons (Fsp3) is 0.381. The van der Waals surface area contributed by atoms with Crippen LogP contribution in [0, 0.1) is 6.92 Å². The van der Waals surface area contributed by atoms with Gasteiger partial charge >= 0.3 is 0 Å². The second-order valence-corrected chi connectivity index (χ2v) is 7.07. The van der Waals surface area contributed by atoms with E-state index in [1.807, 2.05) is 31.3 Å². The first-order valence-corrected chi connectivity index (χ1v) is 9.65. The van der Waals surface area contributed by atoms with Crippen LogP contribution in [-0.2, 0) is 6.42 Å². The molecule has 1 aromatic carbocycles. The summed E-state index contributed by atoms with van der Waals surface area (Å²) in [5.74, 6) is 1.71. The maximum Gasteiger partial charge on any atom is 0.175 e. The van der Waals surface area contributed by atoms with Crippen molar-refractivity contribution < 1.29 is 0 Å². The van der Waals surface area contributed by atoms with E-state index in [-0.39, 0.29) is 0 Å². The van der Waals surface area contributed by atoms with Crippen molar-refractivity contribution in [1.29, 1.82) is 0 Å². The first kappa shape index (κ1) is 17.7. The quantitative estimate of drug-likeness (QED) is 0.675. The van der Waals surface area contributed by atoms with Gasteiger partial charge in [-0.05, 0) is 50.1 Å². The molecule has 27 heavy (non-hydrogen) atoms. The average molecular weight is 362 g/mol. The van der Waals surface area contributed by atoms with Gasteiger partial charge in [-0.2, -0.15) is 5.10 Å². The number of hydrogen-bond donors (Lipinski definition) is 0. The molecule has 3 aromatic rings. The first-order chi connectivity index (χ1) is 13.3. The Kier molecular flexibility index (Phi) is 5.44. The zero-order valence-electron chi connectivity index (χ0n) is 15.8. The van der Waals surface area contributed by atoms with Gasteiger partial charge in [0.25, 0.3) is 0 Å². The maximum atomic E-state index is 4.41. The highest BCUT2D eigenvalue weighted by Gasteiger charge is 2.18. The van der Waals surface area contributed by atoms with Gasteiger partial charge in [-0.25, -0.2) is 4.68 Å². The molecule has 4 rings (SSSR count). The summed E-state index contributed by atoms with van der Waals surface area (Å²) in [7, 11) is 0. The van der Waals surface area contributed by atoms with Crippen molar-refractivity contribution >= 4 is 5.82 Å². The summed E-state index contributed by atoms with van der Waals surface area (Å²) in [6.45, 7) is 7.29. The lowest BCUT2D eigenvalue weighted by atomic mass is 10.1. The summed E-state index contributed by atoms with van der Waals surface area (Å²) in [5.41, 5.74) is 2.41. The molecule has 3 heterocycles. The SMILES string of the molecule is Cc1ccn(-c2ccc(N3CCN(CCCc4ccccc4)CC3)nn2)n1. The number of rotatable bonds is 6. The Hall–Kier alpha value is -2.73. The van der Waals surface area contributed by atoms with Crippen molar-refractivity contribution in [3.05, 3.63) is 66.0 Å². The molecular weight excluding hydrogens is 336 g/mol. The van der Waals surface area contributed by atoms with Crippen molar-refractivity contribution in [1.82, 2.24) is 24.9 Å². The number of piperazine rings is 1. The Labute approximate surface area is 160 Å². The van der Waals surface area contributed by atoms with Crippen molar-refractivity contribution in [2.24, 2.45) is 0 Å². The van der Waals surface area contributed by atoms with E-state index in [0.717, 1.165) is 56.5 Å². The Morgan fingerprint density at radius 2 is 1.59 bits per heavy atom. The minimum absolute atomic E-state index is 0.756. The molecule has 0 radical (unpaired) electrons. The molecule has 0 aliphatic carbocycles. The summed E-state index contributed by atoms with van der Waals surface area (Å²) in [6.07, 6.45) is 4.27. The van der Waals surface area contributed by atoms with E-state index >= 15 is 0 Å². The highest BCUT2D eigenvalue weighted by molar-refractivity contribution is 5.40. The normalized spacial score (nSPS) is 15.2. The molecule has 1 aliphatic heterocycles. The molecule has 0 bridgehead atoms. The number of benzene rings is 1. The second kappa shape index (κ2) is 8.31. The average Bonchev–Trinajstić information content (AvgIpc) is 3.16. The van der Waals surface area contributed by atoms with Crippen molar-refractivity contribution in [2.75, 3.05) is 37.6 Å². The van der Waals surface area contributed by atoms with Gasteiger partial charge < -0.3 is 4.90 Å². The van der Waals surface area contributed by atoms with Crippen molar-refractivity contribution in [2.45, 2.75) is 19.8 Å². The van der Waals surface area contributed by atoms with E-state index in [0.29, 0.717) is 0 Å². The molecule has 2 aromatic heterocycles. The zero-order valence-corrected chi connectivity index (χ0v) is 15.8. The number of anilines is 1. The van der Waals surface area contributed by atoms with Gasteiger partial charge in [0.15, 0.2) is 11.6 Å². The highest BCUT2D eigenvalue weighted by Crippen LogP contribution is 2.15. The summed E-state index contributed by atoms with van der Waals surface area (Å²) in [4.78, 5) is 4.87. The third-order valence-electron chi connectivity index (χ3n) is 5.07. The van der Waals surface area contributed by atoms with Crippen LogP contribution < -0.4 is 4.90 Å². The third-order valence-corrected chi connectivity index (χ3v) is 5.07. The molecule has 0 unspecified atom stereocenters. The molecule has 1 aliphatic rings. The number of hydrogen-bond acceptors (Lipinski definition) is 5. The highest BCUT2D eigenvalue weighted by atomic mass is 15.4.